The van der Waals surface area contributed by atoms with E-state index in [1.54, 1.807) is 29.5 Å². The average molecular weight is 322 g/mol. The molecule has 0 spiro atoms. The highest BCUT2D eigenvalue weighted by Gasteiger charge is 2.09. The second-order valence-electron chi connectivity index (χ2n) is 5.45. The highest BCUT2D eigenvalue weighted by molar-refractivity contribution is 5.92. The molecule has 0 saturated carbocycles. The summed E-state index contributed by atoms with van der Waals surface area (Å²) in [6, 6.07) is 7.82. The highest BCUT2D eigenvalue weighted by atomic mass is 16.1. The van der Waals surface area contributed by atoms with E-state index in [1.165, 1.54) is 6.20 Å². The van der Waals surface area contributed by atoms with Gasteiger partial charge in [0.2, 0.25) is 0 Å². The molecule has 1 amide bonds. The molecule has 0 aliphatic carbocycles. The van der Waals surface area contributed by atoms with Gasteiger partial charge in [0, 0.05) is 25.0 Å². The second-order valence-corrected chi connectivity index (χ2v) is 5.45. The molecule has 2 aromatic heterocycles. The van der Waals surface area contributed by atoms with E-state index >= 15 is 0 Å². The minimum absolute atomic E-state index is 0.00479. The molecule has 3 N–H and O–H groups in total. The lowest BCUT2D eigenvalue weighted by atomic mass is 10.1. The first kappa shape index (κ1) is 15.8. The zero-order chi connectivity index (χ0) is 16.9. The van der Waals surface area contributed by atoms with Gasteiger partial charge < -0.3 is 11.1 Å². The standard InChI is InChI=1S/C17H18N6O/c1-12(18)14-4-2-13(3-5-14)8-21-17(24)15-9-20-10-16(22-15)23-7-6-19-11-23/h2-7,9-12H,8,18H2,1H3,(H,21,24). The fraction of sp³-hybridized carbons (Fsp3) is 0.176. The van der Waals surface area contributed by atoms with Crippen molar-refractivity contribution < 1.29 is 4.79 Å². The van der Waals surface area contributed by atoms with Gasteiger partial charge in [-0.1, -0.05) is 24.3 Å². The third-order valence-corrected chi connectivity index (χ3v) is 3.58. The number of aromatic nitrogens is 4. The number of hydrogen-bond acceptors (Lipinski definition) is 5. The van der Waals surface area contributed by atoms with Crippen molar-refractivity contribution in [3.8, 4) is 5.82 Å². The van der Waals surface area contributed by atoms with Crippen molar-refractivity contribution in [1.82, 2.24) is 24.8 Å². The van der Waals surface area contributed by atoms with Crippen LogP contribution in [-0.4, -0.2) is 25.4 Å². The molecule has 2 heterocycles. The van der Waals surface area contributed by atoms with E-state index in [0.717, 1.165) is 11.1 Å². The molecule has 7 heteroatoms. The normalized spacial score (nSPS) is 11.9. The van der Waals surface area contributed by atoms with Gasteiger partial charge in [-0.3, -0.25) is 14.3 Å². The lowest BCUT2D eigenvalue weighted by molar-refractivity contribution is 0.0945. The number of nitrogens with zero attached hydrogens (tertiary/aromatic N) is 4. The van der Waals surface area contributed by atoms with Gasteiger partial charge in [-0.05, 0) is 18.1 Å². The van der Waals surface area contributed by atoms with E-state index in [0.29, 0.717) is 12.4 Å². The maximum atomic E-state index is 12.3. The molecule has 0 aliphatic rings. The summed E-state index contributed by atoms with van der Waals surface area (Å²) in [5.41, 5.74) is 8.13. The smallest absolute Gasteiger partial charge is 0.271 e. The molecule has 7 nitrogen and oxygen atoms in total. The lowest BCUT2D eigenvalue weighted by Gasteiger charge is -2.08. The Bertz CT molecular complexity index is 811. The van der Waals surface area contributed by atoms with Crippen LogP contribution in [0.5, 0.6) is 0 Å². The number of nitrogens with one attached hydrogen (secondary N) is 1. The maximum absolute atomic E-state index is 12.3. The molecule has 0 fully saturated rings. The van der Waals surface area contributed by atoms with Gasteiger partial charge in [-0.25, -0.2) is 9.97 Å². The summed E-state index contributed by atoms with van der Waals surface area (Å²) < 4.78 is 1.69. The van der Waals surface area contributed by atoms with E-state index in [2.05, 4.69) is 20.3 Å². The summed E-state index contributed by atoms with van der Waals surface area (Å²) in [4.78, 5) is 24.6. The fourth-order valence-electron chi connectivity index (χ4n) is 2.20. The number of benzene rings is 1. The van der Waals surface area contributed by atoms with E-state index < -0.39 is 0 Å². The molecule has 3 rings (SSSR count). The van der Waals surface area contributed by atoms with Gasteiger partial charge in [0.15, 0.2) is 5.82 Å². The van der Waals surface area contributed by atoms with Crippen LogP contribution in [0.25, 0.3) is 5.82 Å². The summed E-state index contributed by atoms with van der Waals surface area (Å²) in [6.45, 7) is 2.34. The highest BCUT2D eigenvalue weighted by Crippen LogP contribution is 2.11. The monoisotopic (exact) mass is 322 g/mol. The van der Waals surface area contributed by atoms with E-state index in [1.807, 2.05) is 31.2 Å². The SMILES string of the molecule is CC(N)c1ccc(CNC(=O)c2cncc(-n3ccnc3)n2)cc1. The molecule has 0 saturated heterocycles. The van der Waals surface area contributed by atoms with Crippen LogP contribution in [0.3, 0.4) is 0 Å². The fourth-order valence-corrected chi connectivity index (χ4v) is 2.20. The van der Waals surface area contributed by atoms with Crippen LogP contribution in [-0.2, 0) is 6.54 Å². The Morgan fingerprint density at radius 3 is 2.71 bits per heavy atom. The predicted octanol–water partition coefficient (Wildman–Crippen LogP) is 1.61. The van der Waals surface area contributed by atoms with Crippen molar-refractivity contribution in [3.05, 3.63) is 72.2 Å². The van der Waals surface area contributed by atoms with Gasteiger partial charge in [-0.2, -0.15) is 0 Å². The Hall–Kier alpha value is -3.06. The van der Waals surface area contributed by atoms with Crippen LogP contribution >= 0.6 is 0 Å². The topological polar surface area (TPSA) is 98.7 Å². The minimum Gasteiger partial charge on any atom is -0.347 e. The van der Waals surface area contributed by atoms with Crippen molar-refractivity contribution in [3.63, 3.8) is 0 Å². The van der Waals surface area contributed by atoms with Gasteiger partial charge in [0.1, 0.15) is 12.0 Å². The Balaban J connectivity index is 1.66. The Labute approximate surface area is 139 Å². The molecule has 1 atom stereocenters. The average Bonchev–Trinajstić information content (AvgIpc) is 3.15. The molecule has 0 radical (unpaired) electrons. The van der Waals surface area contributed by atoms with Crippen LogP contribution in [0, 0.1) is 0 Å². The number of imidazole rings is 1. The maximum Gasteiger partial charge on any atom is 0.271 e. The summed E-state index contributed by atoms with van der Waals surface area (Å²) in [5.74, 6) is 0.266. The number of carbonyl (C=O) groups excluding carboxylic acids is 1. The van der Waals surface area contributed by atoms with E-state index in [-0.39, 0.29) is 17.6 Å². The number of rotatable bonds is 5. The number of amides is 1. The van der Waals surface area contributed by atoms with Gasteiger partial charge in [0.25, 0.3) is 5.91 Å². The van der Waals surface area contributed by atoms with Crippen LogP contribution in [0.4, 0.5) is 0 Å². The van der Waals surface area contributed by atoms with Gasteiger partial charge in [-0.15, -0.1) is 0 Å². The summed E-state index contributed by atoms with van der Waals surface area (Å²) in [5, 5.41) is 2.84. The van der Waals surface area contributed by atoms with Crippen LogP contribution < -0.4 is 11.1 Å². The van der Waals surface area contributed by atoms with E-state index in [9.17, 15) is 4.79 Å². The van der Waals surface area contributed by atoms with Crippen molar-refractivity contribution in [1.29, 1.82) is 0 Å². The number of nitrogens with two attached hydrogens (primary N) is 1. The molecule has 1 unspecified atom stereocenters. The van der Waals surface area contributed by atoms with Crippen molar-refractivity contribution in [2.24, 2.45) is 5.73 Å². The molecular formula is C17H18N6O. The minimum atomic E-state index is -0.277. The Morgan fingerprint density at radius 2 is 2.04 bits per heavy atom. The molecule has 24 heavy (non-hydrogen) atoms. The molecule has 0 bridgehead atoms. The third-order valence-electron chi connectivity index (χ3n) is 3.58. The summed E-state index contributed by atoms with van der Waals surface area (Å²) in [6.07, 6.45) is 8.00. The predicted molar refractivity (Wildman–Crippen MR) is 89.4 cm³/mol. The van der Waals surface area contributed by atoms with Crippen molar-refractivity contribution in [2.45, 2.75) is 19.5 Å². The molecule has 0 aliphatic heterocycles. The first-order valence-corrected chi connectivity index (χ1v) is 7.56. The first-order valence-electron chi connectivity index (χ1n) is 7.56. The summed E-state index contributed by atoms with van der Waals surface area (Å²) in [7, 11) is 0. The molecule has 122 valence electrons. The quantitative estimate of drug-likeness (QED) is 0.743. The Morgan fingerprint density at radius 1 is 1.25 bits per heavy atom. The summed E-state index contributed by atoms with van der Waals surface area (Å²) >= 11 is 0. The second kappa shape index (κ2) is 7.01. The Kier molecular flexibility index (Phi) is 4.62. The first-order chi connectivity index (χ1) is 11.6. The molecule has 1 aromatic carbocycles. The number of hydrogen-bond donors (Lipinski definition) is 2. The largest absolute Gasteiger partial charge is 0.347 e. The van der Waals surface area contributed by atoms with E-state index in [4.69, 9.17) is 5.73 Å². The van der Waals surface area contributed by atoms with Crippen LogP contribution in [0.2, 0.25) is 0 Å². The zero-order valence-corrected chi connectivity index (χ0v) is 13.3. The lowest BCUT2D eigenvalue weighted by Crippen LogP contribution is -2.24. The molecular weight excluding hydrogens is 304 g/mol. The zero-order valence-electron chi connectivity index (χ0n) is 13.3. The van der Waals surface area contributed by atoms with Crippen LogP contribution in [0.15, 0.2) is 55.4 Å². The van der Waals surface area contributed by atoms with Crippen molar-refractivity contribution >= 4 is 5.91 Å². The molecule has 3 aromatic rings. The van der Waals surface area contributed by atoms with Gasteiger partial charge in [0.05, 0.1) is 12.4 Å². The number of carbonyl (C=O) groups is 1. The third kappa shape index (κ3) is 3.64. The van der Waals surface area contributed by atoms with Crippen molar-refractivity contribution in [2.75, 3.05) is 0 Å². The van der Waals surface area contributed by atoms with Crippen LogP contribution in [0.1, 0.15) is 34.6 Å². The van der Waals surface area contributed by atoms with Gasteiger partial charge >= 0.3 is 0 Å².